The highest BCUT2D eigenvalue weighted by Gasteiger charge is 1.96. The van der Waals surface area contributed by atoms with E-state index < -0.39 is 0 Å². The third-order valence-electron chi connectivity index (χ3n) is 2.88. The Kier molecular flexibility index (Phi) is 12.2. The second kappa shape index (κ2) is 12.2. The molecule has 0 aromatic carbocycles. The molecule has 90 valence electrons. The summed E-state index contributed by atoms with van der Waals surface area (Å²) in [5.41, 5.74) is 0. The Balaban J connectivity index is 2.95. The Morgan fingerprint density at radius 1 is 0.933 bits per heavy atom. The summed E-state index contributed by atoms with van der Waals surface area (Å²) in [6, 6.07) is 0. The van der Waals surface area contributed by atoms with Crippen LogP contribution >= 0.6 is 12.6 Å². The van der Waals surface area contributed by atoms with Crippen molar-refractivity contribution in [1.29, 1.82) is 0 Å². The van der Waals surface area contributed by atoms with Crippen LogP contribution in [-0.4, -0.2) is 5.25 Å². The lowest BCUT2D eigenvalue weighted by Gasteiger charge is -2.04. The van der Waals surface area contributed by atoms with E-state index >= 15 is 0 Å². The molecular formula is C14H28S. The van der Waals surface area contributed by atoms with Gasteiger partial charge >= 0.3 is 0 Å². The smallest absolute Gasteiger partial charge is 0.0194 e. The molecule has 15 heavy (non-hydrogen) atoms. The van der Waals surface area contributed by atoms with Crippen LogP contribution in [0, 0.1) is 0 Å². The van der Waals surface area contributed by atoms with Crippen molar-refractivity contribution < 1.29 is 0 Å². The van der Waals surface area contributed by atoms with Gasteiger partial charge in [-0.3, -0.25) is 0 Å². The van der Waals surface area contributed by atoms with Crippen molar-refractivity contribution in [1.82, 2.24) is 0 Å². The van der Waals surface area contributed by atoms with Crippen LogP contribution in [0.4, 0.5) is 0 Å². The van der Waals surface area contributed by atoms with E-state index in [0.717, 1.165) is 0 Å². The molecule has 1 atom stereocenters. The van der Waals surface area contributed by atoms with Crippen molar-refractivity contribution in [3.63, 3.8) is 0 Å². The second-order valence-corrected chi connectivity index (χ2v) is 5.08. The average molecular weight is 228 g/mol. The molecule has 0 nitrogen and oxygen atoms in total. The van der Waals surface area contributed by atoms with Gasteiger partial charge in [0.25, 0.3) is 0 Å². The molecule has 0 heterocycles. The van der Waals surface area contributed by atoms with Gasteiger partial charge in [0.1, 0.15) is 0 Å². The predicted molar refractivity (Wildman–Crippen MR) is 74.8 cm³/mol. The van der Waals surface area contributed by atoms with E-state index in [-0.39, 0.29) is 0 Å². The largest absolute Gasteiger partial charge is 0.172 e. The van der Waals surface area contributed by atoms with E-state index in [1.165, 1.54) is 64.2 Å². The summed E-state index contributed by atoms with van der Waals surface area (Å²) in [5, 5.41) is 0.412. The fourth-order valence-electron chi connectivity index (χ4n) is 1.78. The summed E-state index contributed by atoms with van der Waals surface area (Å²) in [7, 11) is 0. The van der Waals surface area contributed by atoms with Crippen LogP contribution in [-0.2, 0) is 0 Å². The zero-order valence-corrected chi connectivity index (χ0v) is 11.3. The monoisotopic (exact) mass is 228 g/mol. The van der Waals surface area contributed by atoms with Crippen molar-refractivity contribution in [2.45, 2.75) is 76.4 Å². The topological polar surface area (TPSA) is 0 Å². The predicted octanol–water partition coefficient (Wildman–Crippen LogP) is 5.39. The highest BCUT2D eigenvalue weighted by Crippen LogP contribution is 2.13. The molecule has 0 fully saturated rings. The van der Waals surface area contributed by atoms with Crippen LogP contribution in [0.5, 0.6) is 0 Å². The lowest BCUT2D eigenvalue weighted by atomic mass is 10.1. The summed E-state index contributed by atoms with van der Waals surface area (Å²) < 4.78 is 0. The molecule has 0 N–H and O–H groups in total. The molecular weight excluding hydrogens is 200 g/mol. The second-order valence-electron chi connectivity index (χ2n) is 4.42. The molecule has 0 bridgehead atoms. The first-order valence-electron chi connectivity index (χ1n) is 6.62. The fourth-order valence-corrected chi connectivity index (χ4v) is 1.96. The molecule has 0 saturated heterocycles. The van der Waals surface area contributed by atoms with Gasteiger partial charge in [0.2, 0.25) is 0 Å². The van der Waals surface area contributed by atoms with Crippen molar-refractivity contribution in [2.75, 3.05) is 0 Å². The van der Waals surface area contributed by atoms with Gasteiger partial charge in [-0.25, -0.2) is 0 Å². The first-order valence-corrected chi connectivity index (χ1v) is 7.13. The molecule has 0 aliphatic carbocycles. The average Bonchev–Trinajstić information content (AvgIpc) is 2.26. The lowest BCUT2D eigenvalue weighted by Crippen LogP contribution is -1.92. The Labute approximate surface area is 102 Å². The van der Waals surface area contributed by atoms with E-state index in [1.807, 2.05) is 6.08 Å². The highest BCUT2D eigenvalue weighted by molar-refractivity contribution is 7.81. The zero-order chi connectivity index (χ0) is 11.4. The molecule has 0 amide bonds. The molecule has 1 heteroatoms. The minimum atomic E-state index is 0.412. The Bertz CT molecular complexity index is 131. The minimum Gasteiger partial charge on any atom is -0.172 e. The van der Waals surface area contributed by atoms with E-state index in [2.05, 4.69) is 26.1 Å². The van der Waals surface area contributed by atoms with E-state index in [0.29, 0.717) is 5.25 Å². The number of hydrogen-bond donors (Lipinski definition) is 1. The molecule has 0 aliphatic rings. The Morgan fingerprint density at radius 2 is 1.40 bits per heavy atom. The quantitative estimate of drug-likeness (QED) is 0.273. The fraction of sp³-hybridized carbons (Fsp3) is 0.857. The third-order valence-corrected chi connectivity index (χ3v) is 3.34. The molecule has 0 spiro atoms. The molecule has 1 unspecified atom stereocenters. The van der Waals surface area contributed by atoms with Crippen LogP contribution in [0.15, 0.2) is 12.7 Å². The molecule has 0 aromatic rings. The van der Waals surface area contributed by atoms with E-state index in [4.69, 9.17) is 0 Å². The summed E-state index contributed by atoms with van der Waals surface area (Å²) in [4.78, 5) is 0. The number of hydrogen-bond acceptors (Lipinski definition) is 1. The first kappa shape index (κ1) is 15.1. The van der Waals surface area contributed by atoms with Gasteiger partial charge in [-0.1, -0.05) is 70.8 Å². The maximum atomic E-state index is 4.39. The Hall–Kier alpha value is 0.0900. The van der Waals surface area contributed by atoms with Crippen molar-refractivity contribution in [2.24, 2.45) is 0 Å². The van der Waals surface area contributed by atoms with Crippen molar-refractivity contribution >= 4 is 12.6 Å². The molecule has 0 rings (SSSR count). The maximum Gasteiger partial charge on any atom is 0.0194 e. The van der Waals surface area contributed by atoms with Gasteiger partial charge in [-0.15, -0.1) is 6.58 Å². The van der Waals surface area contributed by atoms with Gasteiger partial charge < -0.3 is 0 Å². The minimum absolute atomic E-state index is 0.412. The highest BCUT2D eigenvalue weighted by atomic mass is 32.1. The SMILES string of the molecule is C=CC(S)CCCCCCCCCCC. The normalized spacial score (nSPS) is 12.7. The molecule has 0 radical (unpaired) electrons. The summed E-state index contributed by atoms with van der Waals surface area (Å²) in [5.74, 6) is 0. The molecule has 0 aliphatic heterocycles. The van der Waals surface area contributed by atoms with Gasteiger partial charge in [0, 0.05) is 5.25 Å². The number of thiol groups is 1. The molecule has 0 saturated carbocycles. The standard InChI is InChI=1S/C14H28S/c1-3-5-6-7-8-9-10-11-12-13-14(15)4-2/h4,14-15H,2-3,5-13H2,1H3. The zero-order valence-electron chi connectivity index (χ0n) is 10.4. The maximum absolute atomic E-state index is 4.39. The van der Waals surface area contributed by atoms with E-state index in [9.17, 15) is 0 Å². The summed E-state index contributed by atoms with van der Waals surface area (Å²) in [6.07, 6.45) is 15.7. The van der Waals surface area contributed by atoms with Gasteiger partial charge in [-0.05, 0) is 6.42 Å². The first-order chi connectivity index (χ1) is 7.31. The van der Waals surface area contributed by atoms with Crippen LogP contribution in [0.3, 0.4) is 0 Å². The van der Waals surface area contributed by atoms with E-state index in [1.54, 1.807) is 0 Å². The van der Waals surface area contributed by atoms with Crippen molar-refractivity contribution in [3.8, 4) is 0 Å². The summed E-state index contributed by atoms with van der Waals surface area (Å²) >= 11 is 4.39. The molecule has 0 aromatic heterocycles. The number of unbranched alkanes of at least 4 members (excludes halogenated alkanes) is 8. The van der Waals surface area contributed by atoms with Gasteiger partial charge in [-0.2, -0.15) is 12.6 Å². The van der Waals surface area contributed by atoms with Crippen LogP contribution in [0.2, 0.25) is 0 Å². The van der Waals surface area contributed by atoms with Gasteiger partial charge in [0.15, 0.2) is 0 Å². The van der Waals surface area contributed by atoms with Crippen molar-refractivity contribution in [3.05, 3.63) is 12.7 Å². The van der Waals surface area contributed by atoms with Crippen LogP contribution in [0.1, 0.15) is 71.1 Å². The summed E-state index contributed by atoms with van der Waals surface area (Å²) in [6.45, 7) is 6.01. The third kappa shape index (κ3) is 12.0. The van der Waals surface area contributed by atoms with Crippen LogP contribution in [0.25, 0.3) is 0 Å². The number of rotatable bonds is 11. The Morgan fingerprint density at radius 3 is 1.87 bits per heavy atom. The lowest BCUT2D eigenvalue weighted by molar-refractivity contribution is 0.559. The van der Waals surface area contributed by atoms with Crippen LogP contribution < -0.4 is 0 Å². The van der Waals surface area contributed by atoms with Gasteiger partial charge in [0.05, 0.1) is 0 Å².